The molecule has 0 radical (unpaired) electrons. The van der Waals surface area contributed by atoms with Crippen molar-refractivity contribution in [3.63, 3.8) is 0 Å². The molecule has 0 bridgehead atoms. The van der Waals surface area contributed by atoms with Crippen LogP contribution >= 0.6 is 0 Å². The smallest absolute Gasteiger partial charge is 0.345 e. The summed E-state index contributed by atoms with van der Waals surface area (Å²) in [5.41, 5.74) is 4.77. The van der Waals surface area contributed by atoms with Crippen LogP contribution in [0.5, 0.6) is 0 Å². The van der Waals surface area contributed by atoms with Crippen molar-refractivity contribution in [3.05, 3.63) is 99.7 Å². The lowest BCUT2D eigenvalue weighted by molar-refractivity contribution is -0.136. The predicted octanol–water partition coefficient (Wildman–Crippen LogP) is 7.87. The Morgan fingerprint density at radius 1 is 0.878 bits per heavy atom. The molecule has 3 heterocycles. The molecule has 0 fully saturated rings. The van der Waals surface area contributed by atoms with E-state index in [1.807, 2.05) is 32.0 Å². The van der Waals surface area contributed by atoms with E-state index in [2.05, 4.69) is 50.7 Å². The van der Waals surface area contributed by atoms with Gasteiger partial charge in [0.1, 0.15) is 0 Å². The molecule has 5 aromatic rings. The molecule has 0 aliphatic heterocycles. The topological polar surface area (TPSA) is 53.9 Å². The highest BCUT2D eigenvalue weighted by Crippen LogP contribution is 2.39. The standard InChI is InChI=1S/C33H35F3N4O/c1-22-23(2)40(29-13-12-28-32(31(22)29)27(33(34,35)36)20-30(41)38-28)19-7-5-4-6-18-39(3)21-24-8-10-25(11-9-24)26-14-16-37-17-15-26/h8-17,20H,4-7,18-19,21H2,1-3H3,(H,38,41). The number of hydrogen-bond acceptors (Lipinski definition) is 3. The van der Waals surface area contributed by atoms with Gasteiger partial charge in [0, 0.05) is 59.0 Å². The molecule has 0 spiro atoms. The van der Waals surface area contributed by atoms with Gasteiger partial charge in [-0.2, -0.15) is 13.2 Å². The molecule has 0 aliphatic rings. The van der Waals surface area contributed by atoms with E-state index in [4.69, 9.17) is 0 Å². The molecule has 41 heavy (non-hydrogen) atoms. The van der Waals surface area contributed by atoms with Crippen LogP contribution in [0.1, 0.15) is 48.1 Å². The van der Waals surface area contributed by atoms with E-state index < -0.39 is 17.3 Å². The molecule has 0 saturated carbocycles. The van der Waals surface area contributed by atoms with Crippen molar-refractivity contribution in [2.45, 2.75) is 58.8 Å². The zero-order valence-corrected chi connectivity index (χ0v) is 23.7. The van der Waals surface area contributed by atoms with Gasteiger partial charge in [-0.15, -0.1) is 0 Å². The van der Waals surface area contributed by atoms with Crippen molar-refractivity contribution >= 4 is 21.8 Å². The zero-order chi connectivity index (χ0) is 29.1. The van der Waals surface area contributed by atoms with Crippen LogP contribution in [0, 0.1) is 13.8 Å². The first kappa shape index (κ1) is 28.6. The van der Waals surface area contributed by atoms with Crippen LogP contribution in [0.4, 0.5) is 13.2 Å². The van der Waals surface area contributed by atoms with Crippen LogP contribution < -0.4 is 5.56 Å². The average Bonchev–Trinajstić information content (AvgIpc) is 3.19. The number of unbranched alkanes of at least 4 members (excludes halogenated alkanes) is 3. The molecule has 5 rings (SSSR count). The highest BCUT2D eigenvalue weighted by atomic mass is 19.4. The average molecular weight is 561 g/mol. The summed E-state index contributed by atoms with van der Waals surface area (Å²) in [7, 11) is 2.14. The van der Waals surface area contributed by atoms with Crippen molar-refractivity contribution in [2.75, 3.05) is 13.6 Å². The van der Waals surface area contributed by atoms with Crippen LogP contribution in [-0.2, 0) is 19.3 Å². The van der Waals surface area contributed by atoms with Gasteiger partial charge in [0.2, 0.25) is 5.56 Å². The van der Waals surface area contributed by atoms with Gasteiger partial charge in [-0.25, -0.2) is 0 Å². The van der Waals surface area contributed by atoms with Crippen LogP contribution in [0.25, 0.3) is 32.9 Å². The highest BCUT2D eigenvalue weighted by Gasteiger charge is 2.34. The molecule has 0 aliphatic carbocycles. The molecule has 0 atom stereocenters. The lowest BCUT2D eigenvalue weighted by atomic mass is 10.0. The quantitative estimate of drug-likeness (QED) is 0.177. The second kappa shape index (κ2) is 11.9. The fraction of sp³-hybridized carbons (Fsp3) is 0.333. The predicted molar refractivity (Wildman–Crippen MR) is 159 cm³/mol. The van der Waals surface area contributed by atoms with Crippen molar-refractivity contribution in [3.8, 4) is 11.1 Å². The van der Waals surface area contributed by atoms with Gasteiger partial charge >= 0.3 is 6.18 Å². The molecular weight excluding hydrogens is 525 g/mol. The molecule has 8 heteroatoms. The Balaban J connectivity index is 1.17. The summed E-state index contributed by atoms with van der Waals surface area (Å²) in [4.78, 5) is 20.9. The van der Waals surface area contributed by atoms with Gasteiger partial charge in [-0.3, -0.25) is 9.78 Å². The lowest BCUT2D eigenvalue weighted by Crippen LogP contribution is -2.19. The second-order valence-electron chi connectivity index (χ2n) is 10.9. The number of benzene rings is 2. The van der Waals surface area contributed by atoms with Gasteiger partial charge in [0.15, 0.2) is 0 Å². The molecule has 0 unspecified atom stereocenters. The fourth-order valence-electron chi connectivity index (χ4n) is 5.77. The maximum absolute atomic E-state index is 13.9. The van der Waals surface area contributed by atoms with E-state index in [0.29, 0.717) is 11.5 Å². The number of hydrogen-bond donors (Lipinski definition) is 1. The van der Waals surface area contributed by atoms with E-state index in [0.717, 1.165) is 67.7 Å². The lowest BCUT2D eigenvalue weighted by Gasteiger charge is -2.17. The number of fused-ring (bicyclic) bond motifs is 3. The SMILES string of the molecule is Cc1c(C)n(CCCCCCN(C)Cc2ccc(-c3ccncc3)cc2)c2ccc3[nH]c(=O)cc(C(F)(F)F)c3c12. The number of nitrogens with one attached hydrogen (secondary N) is 1. The molecule has 0 amide bonds. The normalized spacial score (nSPS) is 12.2. The third kappa shape index (κ3) is 6.22. The number of rotatable bonds is 10. The third-order valence-electron chi connectivity index (χ3n) is 8.00. The van der Waals surface area contributed by atoms with Gasteiger partial charge < -0.3 is 14.5 Å². The van der Waals surface area contributed by atoms with Crippen molar-refractivity contribution in [1.82, 2.24) is 19.4 Å². The Morgan fingerprint density at radius 2 is 1.56 bits per heavy atom. The zero-order valence-electron chi connectivity index (χ0n) is 23.7. The van der Waals surface area contributed by atoms with Crippen LogP contribution in [-0.4, -0.2) is 33.0 Å². The first-order chi connectivity index (χ1) is 19.6. The molecule has 3 aromatic heterocycles. The fourth-order valence-corrected chi connectivity index (χ4v) is 5.77. The van der Waals surface area contributed by atoms with E-state index in [1.54, 1.807) is 18.5 Å². The Hall–Kier alpha value is -3.91. The maximum Gasteiger partial charge on any atom is 0.417 e. The van der Waals surface area contributed by atoms with Gasteiger partial charge in [0.05, 0.1) is 5.56 Å². The third-order valence-corrected chi connectivity index (χ3v) is 8.00. The van der Waals surface area contributed by atoms with E-state index in [-0.39, 0.29) is 10.9 Å². The summed E-state index contributed by atoms with van der Waals surface area (Å²) in [6, 6.07) is 16.8. The molecule has 5 nitrogen and oxygen atoms in total. The monoisotopic (exact) mass is 560 g/mol. The van der Waals surface area contributed by atoms with Crippen molar-refractivity contribution in [1.29, 1.82) is 0 Å². The van der Waals surface area contributed by atoms with E-state index >= 15 is 0 Å². The van der Waals surface area contributed by atoms with Gasteiger partial charge in [0.25, 0.3) is 0 Å². The number of aromatic nitrogens is 3. The minimum Gasteiger partial charge on any atom is -0.345 e. The Bertz CT molecular complexity index is 1700. The molecule has 1 N–H and O–H groups in total. The number of aromatic amines is 1. The second-order valence-corrected chi connectivity index (χ2v) is 10.9. The van der Waals surface area contributed by atoms with Gasteiger partial charge in [-0.05, 0) is 86.8 Å². The Morgan fingerprint density at radius 3 is 2.27 bits per heavy atom. The molecule has 2 aromatic carbocycles. The van der Waals surface area contributed by atoms with Crippen molar-refractivity contribution < 1.29 is 13.2 Å². The first-order valence-corrected chi connectivity index (χ1v) is 14.0. The summed E-state index contributed by atoms with van der Waals surface area (Å²) in [5.74, 6) is 0. The summed E-state index contributed by atoms with van der Waals surface area (Å²) in [5, 5.41) is 0.642. The van der Waals surface area contributed by atoms with Crippen molar-refractivity contribution in [2.24, 2.45) is 0 Å². The summed E-state index contributed by atoms with van der Waals surface area (Å²) in [6.07, 6.45) is 3.16. The maximum atomic E-state index is 13.9. The van der Waals surface area contributed by atoms with Gasteiger partial charge in [-0.1, -0.05) is 37.1 Å². The first-order valence-electron chi connectivity index (χ1n) is 14.0. The summed E-state index contributed by atoms with van der Waals surface area (Å²) in [6.45, 7) is 6.46. The van der Waals surface area contributed by atoms with Crippen LogP contribution in [0.3, 0.4) is 0 Å². The number of alkyl halides is 3. The number of H-pyrrole nitrogens is 1. The highest BCUT2D eigenvalue weighted by molar-refractivity contribution is 6.09. The number of nitrogens with zero attached hydrogens (tertiary/aromatic N) is 3. The van der Waals surface area contributed by atoms with E-state index in [9.17, 15) is 18.0 Å². The largest absolute Gasteiger partial charge is 0.417 e. The summed E-state index contributed by atoms with van der Waals surface area (Å²) < 4.78 is 43.8. The Kier molecular flexibility index (Phi) is 8.31. The molecule has 214 valence electrons. The van der Waals surface area contributed by atoms with Crippen LogP contribution in [0.2, 0.25) is 0 Å². The number of halogens is 3. The van der Waals surface area contributed by atoms with E-state index in [1.165, 1.54) is 11.1 Å². The number of aryl methyl sites for hydroxylation is 2. The van der Waals surface area contributed by atoms with Crippen LogP contribution in [0.15, 0.2) is 71.8 Å². The Labute approximate surface area is 237 Å². The molecular formula is C33H35F3N4O. The number of pyridine rings is 2. The minimum absolute atomic E-state index is 0.0731. The molecule has 0 saturated heterocycles. The summed E-state index contributed by atoms with van der Waals surface area (Å²) >= 11 is 0. The minimum atomic E-state index is -4.61.